The number of aliphatic hydroxyl groups is 1. The van der Waals surface area contributed by atoms with Crippen molar-refractivity contribution in [2.75, 3.05) is 0 Å². The Kier molecular flexibility index (Phi) is 1.80. The van der Waals surface area contributed by atoms with Gasteiger partial charge < -0.3 is 5.11 Å². The number of pyridine rings is 1. The van der Waals surface area contributed by atoms with Crippen molar-refractivity contribution >= 4 is 0 Å². The molecule has 0 unspecified atom stereocenters. The van der Waals surface area contributed by atoms with Gasteiger partial charge in [-0.3, -0.25) is 4.98 Å². The molecule has 0 atom stereocenters. The Balaban J connectivity index is 3.01. The van der Waals surface area contributed by atoms with E-state index in [0.29, 0.717) is 11.1 Å². The van der Waals surface area contributed by atoms with Crippen molar-refractivity contribution in [3.8, 4) is 0 Å². The Hall–Kier alpha value is -0.890. The van der Waals surface area contributed by atoms with E-state index in [1.807, 2.05) is 0 Å². The fourth-order valence-corrected chi connectivity index (χ4v) is 0.570. The summed E-state index contributed by atoms with van der Waals surface area (Å²) in [6.07, 6.45) is 3.14. The van der Waals surface area contributed by atoms with Gasteiger partial charge >= 0.3 is 0 Å². The van der Waals surface area contributed by atoms with Gasteiger partial charge in [0.1, 0.15) is 0 Å². The molecule has 0 aromatic carbocycles. The lowest BCUT2D eigenvalue weighted by molar-refractivity contribution is 0.281. The predicted octanol–water partition coefficient (Wildman–Crippen LogP) is 0.633. The summed E-state index contributed by atoms with van der Waals surface area (Å²) in [7, 11) is 0. The molecule has 1 N–H and O–H groups in total. The molecule has 0 aliphatic carbocycles. The SMILES string of the molecule is [CH]c1ccncc1CO. The van der Waals surface area contributed by atoms with Gasteiger partial charge in [0.2, 0.25) is 0 Å². The van der Waals surface area contributed by atoms with Crippen LogP contribution in [0.15, 0.2) is 18.5 Å². The van der Waals surface area contributed by atoms with Gasteiger partial charge in [0.15, 0.2) is 0 Å². The fraction of sp³-hybridized carbons (Fsp3) is 0.143. The number of aliphatic hydroxyl groups excluding tert-OH is 1. The molecule has 0 amide bonds. The second kappa shape index (κ2) is 2.60. The number of rotatable bonds is 1. The molecule has 1 rings (SSSR count). The highest BCUT2D eigenvalue weighted by atomic mass is 16.3. The first-order chi connectivity index (χ1) is 4.34. The first-order valence-electron chi connectivity index (χ1n) is 2.64. The molecule has 0 saturated carbocycles. The van der Waals surface area contributed by atoms with Gasteiger partial charge in [-0.1, -0.05) is 0 Å². The number of nitrogens with zero attached hydrogens (tertiary/aromatic N) is 1. The average molecular weight is 121 g/mol. The summed E-state index contributed by atoms with van der Waals surface area (Å²) in [5, 5.41) is 8.60. The third kappa shape index (κ3) is 1.27. The van der Waals surface area contributed by atoms with E-state index < -0.39 is 0 Å². The van der Waals surface area contributed by atoms with E-state index in [-0.39, 0.29) is 6.61 Å². The van der Waals surface area contributed by atoms with Crippen LogP contribution >= 0.6 is 0 Å². The third-order valence-electron chi connectivity index (χ3n) is 1.11. The van der Waals surface area contributed by atoms with Crippen molar-refractivity contribution in [2.24, 2.45) is 0 Å². The van der Waals surface area contributed by atoms with Crippen molar-refractivity contribution < 1.29 is 5.11 Å². The Morgan fingerprint density at radius 2 is 2.44 bits per heavy atom. The fourth-order valence-electron chi connectivity index (χ4n) is 0.570. The number of hydrogen-bond acceptors (Lipinski definition) is 2. The van der Waals surface area contributed by atoms with E-state index in [4.69, 9.17) is 12.0 Å². The molecular formula is C7H7NO. The highest BCUT2D eigenvalue weighted by Crippen LogP contribution is 2.02. The smallest absolute Gasteiger partial charge is 0.0699 e. The summed E-state index contributed by atoms with van der Waals surface area (Å²) in [6.45, 7) is 5.39. The van der Waals surface area contributed by atoms with E-state index in [9.17, 15) is 0 Å². The van der Waals surface area contributed by atoms with Crippen LogP contribution < -0.4 is 0 Å². The molecule has 2 radical (unpaired) electrons. The molecule has 9 heavy (non-hydrogen) atoms. The highest BCUT2D eigenvalue weighted by Gasteiger charge is 1.92. The lowest BCUT2D eigenvalue weighted by Crippen LogP contribution is -1.87. The van der Waals surface area contributed by atoms with E-state index in [1.54, 1.807) is 18.5 Å². The van der Waals surface area contributed by atoms with Crippen LogP contribution in [-0.2, 0) is 6.61 Å². The van der Waals surface area contributed by atoms with Gasteiger partial charge in [-0.2, -0.15) is 0 Å². The molecule has 46 valence electrons. The second-order valence-electron chi connectivity index (χ2n) is 1.73. The molecule has 1 heterocycles. The van der Waals surface area contributed by atoms with Crippen molar-refractivity contribution in [2.45, 2.75) is 6.61 Å². The molecule has 2 heteroatoms. The number of aromatic nitrogens is 1. The zero-order valence-corrected chi connectivity index (χ0v) is 4.91. The molecule has 1 aromatic rings. The maximum atomic E-state index is 8.60. The molecule has 0 aliphatic heterocycles. The Bertz CT molecular complexity index is 198. The maximum absolute atomic E-state index is 8.60. The highest BCUT2D eigenvalue weighted by molar-refractivity contribution is 5.24. The molecule has 0 spiro atoms. The van der Waals surface area contributed by atoms with Gasteiger partial charge in [-0.05, 0) is 24.1 Å². The van der Waals surface area contributed by atoms with Crippen molar-refractivity contribution in [3.05, 3.63) is 36.5 Å². The molecule has 1 aromatic heterocycles. The zero-order valence-electron chi connectivity index (χ0n) is 4.91. The summed E-state index contributed by atoms with van der Waals surface area (Å²) in [4.78, 5) is 3.78. The molecule has 0 saturated heterocycles. The summed E-state index contributed by atoms with van der Waals surface area (Å²) in [6, 6.07) is 1.66. The van der Waals surface area contributed by atoms with Crippen LogP contribution in [0.25, 0.3) is 0 Å². The van der Waals surface area contributed by atoms with E-state index in [2.05, 4.69) is 4.98 Å². The standard InChI is InChI=1S/C7H7NO/c1-6-2-3-8-4-7(6)5-9/h1-4,9H,5H2. The predicted molar refractivity (Wildman–Crippen MR) is 33.6 cm³/mol. The van der Waals surface area contributed by atoms with Crippen LogP contribution in [0.3, 0.4) is 0 Å². The van der Waals surface area contributed by atoms with Gasteiger partial charge in [0.05, 0.1) is 6.61 Å². The number of hydrogen-bond donors (Lipinski definition) is 1. The zero-order chi connectivity index (χ0) is 6.69. The molecular weight excluding hydrogens is 114 g/mol. The van der Waals surface area contributed by atoms with Crippen LogP contribution in [-0.4, -0.2) is 10.1 Å². The largest absolute Gasteiger partial charge is 0.392 e. The first kappa shape index (κ1) is 6.23. The van der Waals surface area contributed by atoms with E-state index in [0.717, 1.165) is 0 Å². The van der Waals surface area contributed by atoms with E-state index >= 15 is 0 Å². The Morgan fingerprint density at radius 1 is 1.67 bits per heavy atom. The van der Waals surface area contributed by atoms with Crippen molar-refractivity contribution in [1.82, 2.24) is 4.98 Å². The summed E-state index contributed by atoms with van der Waals surface area (Å²) >= 11 is 0. The molecule has 0 fully saturated rings. The van der Waals surface area contributed by atoms with Crippen LogP contribution in [0.2, 0.25) is 0 Å². The van der Waals surface area contributed by atoms with Gasteiger partial charge in [-0.25, -0.2) is 0 Å². The van der Waals surface area contributed by atoms with Crippen molar-refractivity contribution in [1.29, 1.82) is 0 Å². The quantitative estimate of drug-likeness (QED) is 0.591. The summed E-state index contributed by atoms with van der Waals surface area (Å²) in [5.41, 5.74) is 1.27. The van der Waals surface area contributed by atoms with Crippen LogP contribution in [0.1, 0.15) is 11.1 Å². The van der Waals surface area contributed by atoms with Gasteiger partial charge in [-0.15, -0.1) is 0 Å². The minimum atomic E-state index is -0.0420. The monoisotopic (exact) mass is 121 g/mol. The minimum absolute atomic E-state index is 0.0420. The second-order valence-corrected chi connectivity index (χ2v) is 1.73. The van der Waals surface area contributed by atoms with Gasteiger partial charge in [0, 0.05) is 12.4 Å². The normalized spacial score (nSPS) is 9.56. The Labute approximate surface area is 54.2 Å². The summed E-state index contributed by atoms with van der Waals surface area (Å²) < 4.78 is 0. The minimum Gasteiger partial charge on any atom is -0.392 e. The lowest BCUT2D eigenvalue weighted by atomic mass is 10.2. The molecule has 0 bridgehead atoms. The molecule has 0 aliphatic rings. The first-order valence-corrected chi connectivity index (χ1v) is 2.64. The summed E-state index contributed by atoms with van der Waals surface area (Å²) in [5.74, 6) is 0. The van der Waals surface area contributed by atoms with Crippen LogP contribution in [0, 0.1) is 6.92 Å². The Morgan fingerprint density at radius 3 is 2.89 bits per heavy atom. The van der Waals surface area contributed by atoms with E-state index in [1.165, 1.54) is 0 Å². The maximum Gasteiger partial charge on any atom is 0.0699 e. The topological polar surface area (TPSA) is 33.1 Å². The van der Waals surface area contributed by atoms with Gasteiger partial charge in [0.25, 0.3) is 0 Å². The van der Waals surface area contributed by atoms with Crippen LogP contribution in [0.5, 0.6) is 0 Å². The van der Waals surface area contributed by atoms with Crippen molar-refractivity contribution in [3.63, 3.8) is 0 Å². The lowest BCUT2D eigenvalue weighted by Gasteiger charge is -1.96. The van der Waals surface area contributed by atoms with Crippen LogP contribution in [0.4, 0.5) is 0 Å². The third-order valence-corrected chi connectivity index (χ3v) is 1.11. The average Bonchev–Trinajstić information content (AvgIpc) is 1.89. The molecule has 2 nitrogen and oxygen atoms in total.